The molecule has 1 aliphatic carbocycles. The smallest absolute Gasteiger partial charge is 0.411 e. The second-order valence-electron chi connectivity index (χ2n) is 8.63. The maximum absolute atomic E-state index is 12.4. The summed E-state index contributed by atoms with van der Waals surface area (Å²) in [6.45, 7) is 1.24. The SMILES string of the molecule is CC(O)(CNC(=O)c1ccc(NC(=O)OCC2c3ccccc3-c3ccccc32)cn1)CC(=O)O. The third-order valence-electron chi connectivity index (χ3n) is 5.75. The number of aromatic nitrogens is 1. The minimum absolute atomic E-state index is 0.0502. The van der Waals surface area contributed by atoms with Crippen LogP contribution in [0.1, 0.15) is 40.9 Å². The summed E-state index contributed by atoms with van der Waals surface area (Å²) >= 11 is 0. The van der Waals surface area contributed by atoms with Crippen LogP contribution in [0, 0.1) is 0 Å². The van der Waals surface area contributed by atoms with Gasteiger partial charge in [-0.2, -0.15) is 0 Å². The van der Waals surface area contributed by atoms with E-state index in [1.165, 1.54) is 25.3 Å². The molecule has 2 amide bonds. The number of nitrogens with zero attached hydrogens (tertiary/aromatic N) is 1. The summed E-state index contributed by atoms with van der Waals surface area (Å²) in [7, 11) is 0. The molecule has 35 heavy (non-hydrogen) atoms. The highest BCUT2D eigenvalue weighted by Gasteiger charge is 2.29. The average Bonchev–Trinajstić information content (AvgIpc) is 3.15. The van der Waals surface area contributed by atoms with Gasteiger partial charge in [0, 0.05) is 12.5 Å². The lowest BCUT2D eigenvalue weighted by molar-refractivity contribution is -0.141. The van der Waals surface area contributed by atoms with Gasteiger partial charge in [0.1, 0.15) is 12.3 Å². The molecule has 0 fully saturated rings. The molecule has 1 unspecified atom stereocenters. The number of aliphatic carboxylic acids is 1. The highest BCUT2D eigenvalue weighted by Crippen LogP contribution is 2.44. The third kappa shape index (κ3) is 5.64. The van der Waals surface area contributed by atoms with E-state index < -0.39 is 30.0 Å². The molecule has 0 aliphatic heterocycles. The van der Waals surface area contributed by atoms with Gasteiger partial charge in [-0.15, -0.1) is 0 Å². The molecule has 1 heterocycles. The maximum atomic E-state index is 12.4. The lowest BCUT2D eigenvalue weighted by atomic mass is 9.98. The van der Waals surface area contributed by atoms with Crippen molar-refractivity contribution in [2.45, 2.75) is 24.9 Å². The number of fused-ring (bicyclic) bond motifs is 3. The quantitative estimate of drug-likeness (QED) is 0.392. The first-order valence-corrected chi connectivity index (χ1v) is 11.0. The van der Waals surface area contributed by atoms with Gasteiger partial charge in [0.2, 0.25) is 0 Å². The number of benzene rings is 2. The van der Waals surface area contributed by atoms with Crippen molar-refractivity contribution >= 4 is 23.7 Å². The van der Waals surface area contributed by atoms with Crippen LogP contribution in [0.5, 0.6) is 0 Å². The Hall–Kier alpha value is -4.24. The number of carboxylic acid groups (broad SMARTS) is 1. The highest BCUT2D eigenvalue weighted by molar-refractivity contribution is 5.93. The van der Waals surface area contributed by atoms with Gasteiger partial charge in [-0.25, -0.2) is 9.78 Å². The van der Waals surface area contributed by atoms with Crippen LogP contribution in [-0.4, -0.2) is 51.9 Å². The van der Waals surface area contributed by atoms with Crippen LogP contribution in [0.25, 0.3) is 11.1 Å². The minimum Gasteiger partial charge on any atom is -0.481 e. The van der Waals surface area contributed by atoms with Crippen LogP contribution >= 0.6 is 0 Å². The lowest BCUT2D eigenvalue weighted by Gasteiger charge is -2.21. The van der Waals surface area contributed by atoms with Crippen molar-refractivity contribution in [1.82, 2.24) is 10.3 Å². The van der Waals surface area contributed by atoms with Gasteiger partial charge in [0.15, 0.2) is 0 Å². The average molecular weight is 476 g/mol. The zero-order valence-electron chi connectivity index (χ0n) is 19.0. The predicted octanol–water partition coefficient (Wildman–Crippen LogP) is 3.40. The zero-order chi connectivity index (χ0) is 25.0. The Balaban J connectivity index is 1.32. The normalized spacial score (nSPS) is 13.8. The number of carbonyl (C=O) groups excluding carboxylic acids is 2. The van der Waals surface area contributed by atoms with Crippen LogP contribution in [0.15, 0.2) is 66.9 Å². The van der Waals surface area contributed by atoms with Crippen molar-refractivity contribution < 1.29 is 29.3 Å². The first-order chi connectivity index (χ1) is 16.7. The van der Waals surface area contributed by atoms with Crippen LogP contribution in [0.2, 0.25) is 0 Å². The van der Waals surface area contributed by atoms with Crippen LogP contribution in [0.3, 0.4) is 0 Å². The summed E-state index contributed by atoms with van der Waals surface area (Å²) in [6.07, 6.45) is 0.158. The fourth-order valence-corrected chi connectivity index (χ4v) is 4.10. The van der Waals surface area contributed by atoms with E-state index in [9.17, 15) is 19.5 Å². The Kier molecular flexibility index (Phi) is 6.79. The standard InChI is InChI=1S/C26H25N3O6/c1-26(34,12-23(30)31)15-28-24(32)22-11-10-16(13-27-22)29-25(33)35-14-21-19-8-4-2-6-17(19)18-7-3-5-9-20(18)21/h2-11,13,21,34H,12,14-15H2,1H3,(H,28,32)(H,29,33)(H,30,31). The molecule has 0 bridgehead atoms. The molecular formula is C26H25N3O6. The third-order valence-corrected chi connectivity index (χ3v) is 5.75. The minimum atomic E-state index is -1.59. The lowest BCUT2D eigenvalue weighted by Crippen LogP contribution is -2.42. The number of pyridine rings is 1. The summed E-state index contributed by atoms with van der Waals surface area (Å²) in [5, 5.41) is 23.8. The van der Waals surface area contributed by atoms with Gasteiger partial charge >= 0.3 is 12.1 Å². The first kappa shape index (κ1) is 23.9. The van der Waals surface area contributed by atoms with E-state index in [-0.39, 0.29) is 24.8 Å². The number of carbonyl (C=O) groups is 3. The number of nitrogens with one attached hydrogen (secondary N) is 2. The topological polar surface area (TPSA) is 138 Å². The van der Waals surface area contributed by atoms with E-state index in [4.69, 9.17) is 9.84 Å². The van der Waals surface area contributed by atoms with E-state index in [1.807, 2.05) is 36.4 Å². The Bertz CT molecular complexity index is 1210. The summed E-state index contributed by atoms with van der Waals surface area (Å²) < 4.78 is 5.50. The zero-order valence-corrected chi connectivity index (χ0v) is 19.0. The fraction of sp³-hybridized carbons (Fsp3) is 0.231. The molecule has 2 aromatic carbocycles. The Morgan fingerprint density at radius 2 is 1.63 bits per heavy atom. The molecule has 0 radical (unpaired) electrons. The Labute approximate surface area is 201 Å². The van der Waals surface area contributed by atoms with Gasteiger partial charge in [-0.05, 0) is 41.3 Å². The summed E-state index contributed by atoms with van der Waals surface area (Å²) in [5.41, 5.74) is 3.31. The van der Waals surface area contributed by atoms with Crippen molar-refractivity contribution in [3.8, 4) is 11.1 Å². The first-order valence-electron chi connectivity index (χ1n) is 11.0. The molecule has 4 N–H and O–H groups in total. The van der Waals surface area contributed by atoms with Gasteiger partial charge in [0.05, 0.1) is 23.9 Å². The van der Waals surface area contributed by atoms with Gasteiger partial charge < -0.3 is 20.3 Å². The molecular weight excluding hydrogens is 450 g/mol. The molecule has 1 aromatic heterocycles. The highest BCUT2D eigenvalue weighted by atomic mass is 16.5. The Morgan fingerprint density at radius 1 is 1.00 bits per heavy atom. The van der Waals surface area contributed by atoms with E-state index in [1.54, 1.807) is 0 Å². The van der Waals surface area contributed by atoms with E-state index in [0.717, 1.165) is 22.3 Å². The number of hydrogen-bond acceptors (Lipinski definition) is 6. The number of ether oxygens (including phenoxy) is 1. The second-order valence-corrected chi connectivity index (χ2v) is 8.63. The molecule has 9 heteroatoms. The van der Waals surface area contributed by atoms with Crippen molar-refractivity contribution in [2.75, 3.05) is 18.5 Å². The molecule has 3 aromatic rings. The largest absolute Gasteiger partial charge is 0.481 e. The molecule has 0 spiro atoms. The molecule has 0 saturated carbocycles. The second kappa shape index (κ2) is 9.94. The van der Waals surface area contributed by atoms with Gasteiger partial charge in [0.25, 0.3) is 5.91 Å². The molecule has 180 valence electrons. The number of anilines is 1. The van der Waals surface area contributed by atoms with Crippen molar-refractivity contribution in [1.29, 1.82) is 0 Å². The molecule has 1 atom stereocenters. The molecule has 1 aliphatic rings. The van der Waals surface area contributed by atoms with E-state index in [2.05, 4.69) is 27.8 Å². The molecule has 0 saturated heterocycles. The van der Waals surface area contributed by atoms with E-state index >= 15 is 0 Å². The van der Waals surface area contributed by atoms with Crippen LogP contribution in [-0.2, 0) is 9.53 Å². The number of hydrogen-bond donors (Lipinski definition) is 4. The van der Waals surface area contributed by atoms with Gasteiger partial charge in [-0.1, -0.05) is 48.5 Å². The van der Waals surface area contributed by atoms with Crippen LogP contribution in [0.4, 0.5) is 10.5 Å². The monoisotopic (exact) mass is 475 g/mol. The number of rotatable bonds is 8. The molecule has 9 nitrogen and oxygen atoms in total. The Morgan fingerprint density at radius 3 is 2.20 bits per heavy atom. The summed E-state index contributed by atoms with van der Waals surface area (Å²) in [4.78, 5) is 39.4. The number of amides is 2. The number of aliphatic hydroxyl groups is 1. The number of carboxylic acids is 1. The van der Waals surface area contributed by atoms with Crippen LogP contribution < -0.4 is 10.6 Å². The summed E-state index contributed by atoms with van der Waals surface area (Å²) in [5.74, 6) is -1.81. The van der Waals surface area contributed by atoms with Gasteiger partial charge in [-0.3, -0.25) is 14.9 Å². The molecule has 4 rings (SSSR count). The predicted molar refractivity (Wildman–Crippen MR) is 128 cm³/mol. The fourth-order valence-electron chi connectivity index (χ4n) is 4.10. The van der Waals surface area contributed by atoms with Crippen molar-refractivity contribution in [3.05, 3.63) is 83.7 Å². The van der Waals surface area contributed by atoms with E-state index in [0.29, 0.717) is 5.69 Å². The van der Waals surface area contributed by atoms with Crippen molar-refractivity contribution in [3.63, 3.8) is 0 Å². The summed E-state index contributed by atoms with van der Waals surface area (Å²) in [6, 6.07) is 19.0. The van der Waals surface area contributed by atoms with Crippen molar-refractivity contribution in [2.24, 2.45) is 0 Å². The maximum Gasteiger partial charge on any atom is 0.411 e.